The van der Waals surface area contributed by atoms with Gasteiger partial charge in [0.15, 0.2) is 0 Å². The largest absolute Gasteiger partial charge is 0.377 e. The van der Waals surface area contributed by atoms with Crippen LogP contribution in [0.1, 0.15) is 33.6 Å². The van der Waals surface area contributed by atoms with Crippen molar-refractivity contribution >= 4 is 0 Å². The van der Waals surface area contributed by atoms with Crippen molar-refractivity contribution in [3.63, 3.8) is 0 Å². The summed E-state index contributed by atoms with van der Waals surface area (Å²) in [5.41, 5.74) is 0. The molecule has 0 amide bonds. The Labute approximate surface area is 75.9 Å². The molecule has 0 bridgehead atoms. The molecule has 2 heteroatoms. The van der Waals surface area contributed by atoms with Crippen molar-refractivity contribution < 1.29 is 4.74 Å². The summed E-state index contributed by atoms with van der Waals surface area (Å²) < 4.78 is 5.59. The monoisotopic (exact) mass is 171 g/mol. The Hall–Kier alpha value is -0.0800. The van der Waals surface area contributed by atoms with Crippen LogP contribution < -0.4 is 0 Å². The number of rotatable bonds is 2. The summed E-state index contributed by atoms with van der Waals surface area (Å²) >= 11 is 0. The van der Waals surface area contributed by atoms with Crippen molar-refractivity contribution in [3.05, 3.63) is 0 Å². The van der Waals surface area contributed by atoms with Gasteiger partial charge in [-0.05, 0) is 26.7 Å². The summed E-state index contributed by atoms with van der Waals surface area (Å²) in [6.45, 7) is 9.94. The summed E-state index contributed by atoms with van der Waals surface area (Å²) in [4.78, 5) is 2.53. The fourth-order valence-corrected chi connectivity index (χ4v) is 1.61. The lowest BCUT2D eigenvalue weighted by Crippen LogP contribution is -2.34. The van der Waals surface area contributed by atoms with Gasteiger partial charge in [0.1, 0.15) is 0 Å². The number of hydrogen-bond acceptors (Lipinski definition) is 2. The standard InChI is InChI=1S/C10H21NO/c1-4-9(2)11-6-5-10(3)12-8-7-11/h9-10H,4-8H2,1-3H3. The topological polar surface area (TPSA) is 12.5 Å². The van der Waals surface area contributed by atoms with E-state index in [0.717, 1.165) is 19.2 Å². The molecule has 72 valence electrons. The highest BCUT2D eigenvalue weighted by Gasteiger charge is 2.16. The Kier molecular flexibility index (Phi) is 4.02. The molecule has 0 N–H and O–H groups in total. The molecule has 2 atom stereocenters. The molecule has 1 fully saturated rings. The Balaban J connectivity index is 2.35. The van der Waals surface area contributed by atoms with E-state index in [2.05, 4.69) is 25.7 Å². The van der Waals surface area contributed by atoms with Gasteiger partial charge in [0.05, 0.1) is 12.7 Å². The highest BCUT2D eigenvalue weighted by molar-refractivity contribution is 4.70. The Morgan fingerprint density at radius 2 is 2.25 bits per heavy atom. The maximum atomic E-state index is 5.59. The quantitative estimate of drug-likeness (QED) is 0.629. The predicted octanol–water partition coefficient (Wildman–Crippen LogP) is 1.90. The van der Waals surface area contributed by atoms with Gasteiger partial charge in [0.2, 0.25) is 0 Å². The Morgan fingerprint density at radius 3 is 2.92 bits per heavy atom. The number of ether oxygens (including phenoxy) is 1. The molecule has 1 heterocycles. The third-order valence-corrected chi connectivity index (χ3v) is 2.82. The minimum absolute atomic E-state index is 0.457. The average Bonchev–Trinajstić information content (AvgIpc) is 2.29. The zero-order chi connectivity index (χ0) is 8.97. The van der Waals surface area contributed by atoms with Crippen molar-refractivity contribution in [1.29, 1.82) is 0 Å². The normalized spacial score (nSPS) is 29.8. The second-order valence-corrected chi connectivity index (χ2v) is 3.76. The molecule has 2 nitrogen and oxygen atoms in total. The van der Waals surface area contributed by atoms with Crippen LogP contribution in [0.4, 0.5) is 0 Å². The summed E-state index contributed by atoms with van der Waals surface area (Å²) in [5, 5.41) is 0. The van der Waals surface area contributed by atoms with E-state index in [0.29, 0.717) is 6.10 Å². The molecule has 0 aromatic rings. The smallest absolute Gasteiger partial charge is 0.0597 e. The molecule has 0 saturated carbocycles. The molecule has 1 aliphatic rings. The first-order valence-electron chi connectivity index (χ1n) is 5.09. The summed E-state index contributed by atoms with van der Waals surface area (Å²) in [6, 6.07) is 0.721. The highest BCUT2D eigenvalue weighted by atomic mass is 16.5. The molecule has 1 rings (SSSR count). The molecular weight excluding hydrogens is 150 g/mol. The lowest BCUT2D eigenvalue weighted by molar-refractivity contribution is 0.0733. The second-order valence-electron chi connectivity index (χ2n) is 3.76. The van der Waals surface area contributed by atoms with Gasteiger partial charge in [-0.15, -0.1) is 0 Å². The molecule has 2 unspecified atom stereocenters. The van der Waals surface area contributed by atoms with Crippen LogP contribution in [0.3, 0.4) is 0 Å². The van der Waals surface area contributed by atoms with Gasteiger partial charge in [-0.2, -0.15) is 0 Å². The molecule has 0 aromatic carbocycles. The molecule has 1 aliphatic heterocycles. The third kappa shape index (κ3) is 2.76. The summed E-state index contributed by atoms with van der Waals surface area (Å²) in [7, 11) is 0. The zero-order valence-corrected chi connectivity index (χ0v) is 8.55. The van der Waals surface area contributed by atoms with Crippen LogP contribution in [0.25, 0.3) is 0 Å². The van der Waals surface area contributed by atoms with E-state index in [-0.39, 0.29) is 0 Å². The first-order chi connectivity index (χ1) is 5.74. The molecule has 0 spiro atoms. The lowest BCUT2D eigenvalue weighted by Gasteiger charge is -2.25. The number of hydrogen-bond donors (Lipinski definition) is 0. The van der Waals surface area contributed by atoms with Crippen LogP contribution in [0.15, 0.2) is 0 Å². The minimum Gasteiger partial charge on any atom is -0.377 e. The van der Waals surface area contributed by atoms with Gasteiger partial charge in [-0.1, -0.05) is 6.92 Å². The minimum atomic E-state index is 0.457. The highest BCUT2D eigenvalue weighted by Crippen LogP contribution is 2.10. The molecule has 12 heavy (non-hydrogen) atoms. The van der Waals surface area contributed by atoms with Crippen LogP contribution in [0.2, 0.25) is 0 Å². The lowest BCUT2D eigenvalue weighted by atomic mass is 10.2. The van der Waals surface area contributed by atoms with Crippen molar-refractivity contribution in [3.8, 4) is 0 Å². The van der Waals surface area contributed by atoms with Crippen LogP contribution in [-0.2, 0) is 4.74 Å². The van der Waals surface area contributed by atoms with Crippen molar-refractivity contribution in [1.82, 2.24) is 4.90 Å². The second kappa shape index (κ2) is 4.83. The van der Waals surface area contributed by atoms with E-state index in [9.17, 15) is 0 Å². The predicted molar refractivity (Wildman–Crippen MR) is 51.4 cm³/mol. The molecule has 0 aromatic heterocycles. The summed E-state index contributed by atoms with van der Waals surface area (Å²) in [6.07, 6.45) is 2.89. The number of nitrogens with zero attached hydrogens (tertiary/aromatic N) is 1. The Morgan fingerprint density at radius 1 is 1.50 bits per heavy atom. The molecule has 1 saturated heterocycles. The SMILES string of the molecule is CCC(C)N1CCOC(C)CC1. The van der Waals surface area contributed by atoms with E-state index in [1.54, 1.807) is 0 Å². The maximum Gasteiger partial charge on any atom is 0.0597 e. The van der Waals surface area contributed by atoms with Crippen LogP contribution in [0, 0.1) is 0 Å². The van der Waals surface area contributed by atoms with E-state index >= 15 is 0 Å². The van der Waals surface area contributed by atoms with Gasteiger partial charge < -0.3 is 4.74 Å². The van der Waals surface area contributed by atoms with Crippen molar-refractivity contribution in [2.75, 3.05) is 19.7 Å². The van der Waals surface area contributed by atoms with E-state index in [1.165, 1.54) is 19.4 Å². The van der Waals surface area contributed by atoms with Crippen LogP contribution in [-0.4, -0.2) is 36.7 Å². The van der Waals surface area contributed by atoms with Crippen molar-refractivity contribution in [2.45, 2.75) is 45.8 Å². The summed E-state index contributed by atoms with van der Waals surface area (Å²) in [5.74, 6) is 0. The van der Waals surface area contributed by atoms with E-state index < -0.39 is 0 Å². The molecule has 0 radical (unpaired) electrons. The van der Waals surface area contributed by atoms with Gasteiger partial charge in [-0.25, -0.2) is 0 Å². The molecular formula is C10H21NO. The first kappa shape index (κ1) is 10.0. The van der Waals surface area contributed by atoms with Gasteiger partial charge in [0.25, 0.3) is 0 Å². The first-order valence-corrected chi connectivity index (χ1v) is 5.09. The van der Waals surface area contributed by atoms with Crippen molar-refractivity contribution in [2.24, 2.45) is 0 Å². The third-order valence-electron chi connectivity index (χ3n) is 2.82. The average molecular weight is 171 g/mol. The van der Waals surface area contributed by atoms with Crippen LogP contribution in [0.5, 0.6) is 0 Å². The zero-order valence-electron chi connectivity index (χ0n) is 8.55. The maximum absolute atomic E-state index is 5.59. The fraction of sp³-hybridized carbons (Fsp3) is 1.00. The van der Waals surface area contributed by atoms with Crippen LogP contribution >= 0.6 is 0 Å². The van der Waals surface area contributed by atoms with Gasteiger partial charge >= 0.3 is 0 Å². The van der Waals surface area contributed by atoms with E-state index in [4.69, 9.17) is 4.74 Å². The van der Waals surface area contributed by atoms with Gasteiger partial charge in [-0.3, -0.25) is 4.90 Å². The van der Waals surface area contributed by atoms with E-state index in [1.807, 2.05) is 0 Å². The fourth-order valence-electron chi connectivity index (χ4n) is 1.61. The van der Waals surface area contributed by atoms with Gasteiger partial charge in [0, 0.05) is 19.1 Å². The molecule has 0 aliphatic carbocycles. The Bertz CT molecular complexity index is 127.